The van der Waals surface area contributed by atoms with Crippen molar-refractivity contribution >= 4 is 16.9 Å². The van der Waals surface area contributed by atoms with Crippen LogP contribution in [0.15, 0.2) is 27.4 Å². The van der Waals surface area contributed by atoms with Gasteiger partial charge in [0.2, 0.25) is 0 Å². The van der Waals surface area contributed by atoms with Crippen LogP contribution in [0.25, 0.3) is 11.0 Å². The number of hydrogen-bond acceptors (Lipinski definition) is 6. The second-order valence-electron chi connectivity index (χ2n) is 6.37. The second kappa shape index (κ2) is 6.85. The SMILES string of the molecule is Cc1cc(=O)oc2c(C)c(OCC(=O)N3CC[C@H](O)[C@@H](O)C3)ccc12. The van der Waals surface area contributed by atoms with Crippen LogP contribution in [-0.4, -0.2) is 52.9 Å². The van der Waals surface area contributed by atoms with E-state index in [-0.39, 0.29) is 19.1 Å². The maximum absolute atomic E-state index is 12.2. The zero-order valence-corrected chi connectivity index (χ0v) is 14.2. The summed E-state index contributed by atoms with van der Waals surface area (Å²) in [4.78, 5) is 25.3. The number of β-amino-alcohol motifs (C(OH)–C–C–N with tert-alkyl or cyclic N) is 1. The molecule has 2 atom stereocenters. The van der Waals surface area contributed by atoms with E-state index in [1.807, 2.05) is 6.92 Å². The largest absolute Gasteiger partial charge is 0.483 e. The van der Waals surface area contributed by atoms with Gasteiger partial charge in [0.15, 0.2) is 6.61 Å². The van der Waals surface area contributed by atoms with Gasteiger partial charge in [-0.05, 0) is 38.0 Å². The summed E-state index contributed by atoms with van der Waals surface area (Å²) in [6.45, 7) is 3.88. The van der Waals surface area contributed by atoms with E-state index in [0.29, 0.717) is 29.9 Å². The highest BCUT2D eigenvalue weighted by atomic mass is 16.5. The van der Waals surface area contributed by atoms with E-state index >= 15 is 0 Å². The predicted molar refractivity (Wildman–Crippen MR) is 90.7 cm³/mol. The number of aliphatic hydroxyl groups excluding tert-OH is 2. The maximum atomic E-state index is 12.2. The van der Waals surface area contributed by atoms with E-state index in [9.17, 15) is 19.8 Å². The summed E-state index contributed by atoms with van der Waals surface area (Å²) in [6.07, 6.45) is -1.39. The Morgan fingerprint density at radius 3 is 2.80 bits per heavy atom. The molecule has 0 spiro atoms. The topological polar surface area (TPSA) is 100 Å². The molecule has 1 fully saturated rings. The Morgan fingerprint density at radius 1 is 1.32 bits per heavy atom. The molecule has 0 bridgehead atoms. The molecule has 0 aliphatic carbocycles. The van der Waals surface area contributed by atoms with Gasteiger partial charge in [-0.15, -0.1) is 0 Å². The summed E-state index contributed by atoms with van der Waals surface area (Å²) in [5.41, 5.74) is 1.49. The molecule has 1 aliphatic rings. The van der Waals surface area contributed by atoms with Gasteiger partial charge in [0.1, 0.15) is 11.3 Å². The summed E-state index contributed by atoms with van der Waals surface area (Å²) >= 11 is 0. The van der Waals surface area contributed by atoms with E-state index in [2.05, 4.69) is 0 Å². The number of likely N-dealkylation sites (tertiary alicyclic amines) is 1. The van der Waals surface area contributed by atoms with E-state index in [1.54, 1.807) is 19.1 Å². The number of fused-ring (bicyclic) bond motifs is 1. The average Bonchev–Trinajstić information content (AvgIpc) is 2.57. The Balaban J connectivity index is 1.74. The number of carbonyl (C=O) groups is 1. The summed E-state index contributed by atoms with van der Waals surface area (Å²) in [7, 11) is 0. The van der Waals surface area contributed by atoms with E-state index in [1.165, 1.54) is 11.0 Å². The van der Waals surface area contributed by atoms with Gasteiger partial charge >= 0.3 is 5.63 Å². The van der Waals surface area contributed by atoms with Gasteiger partial charge in [0.05, 0.1) is 12.2 Å². The fourth-order valence-corrected chi connectivity index (χ4v) is 3.03. The minimum atomic E-state index is -0.933. The normalized spacial score (nSPS) is 20.7. The Morgan fingerprint density at radius 2 is 2.08 bits per heavy atom. The molecule has 0 unspecified atom stereocenters. The molecule has 2 N–H and O–H groups in total. The molecular formula is C18H21NO6. The van der Waals surface area contributed by atoms with E-state index in [4.69, 9.17) is 9.15 Å². The first-order chi connectivity index (χ1) is 11.9. The number of ether oxygens (including phenoxy) is 1. The second-order valence-corrected chi connectivity index (χ2v) is 6.37. The lowest BCUT2D eigenvalue weighted by Crippen LogP contribution is -2.50. The fourth-order valence-electron chi connectivity index (χ4n) is 3.03. The van der Waals surface area contributed by atoms with Crippen molar-refractivity contribution in [3.63, 3.8) is 0 Å². The Bertz CT molecular complexity index is 859. The number of carbonyl (C=O) groups excluding carboxylic acids is 1. The van der Waals surface area contributed by atoms with Crippen LogP contribution in [0.5, 0.6) is 5.75 Å². The van der Waals surface area contributed by atoms with Crippen LogP contribution >= 0.6 is 0 Å². The first-order valence-electron chi connectivity index (χ1n) is 8.17. The third-order valence-corrected chi connectivity index (χ3v) is 4.57. The Hall–Kier alpha value is -2.38. The van der Waals surface area contributed by atoms with Crippen molar-refractivity contribution in [3.05, 3.63) is 39.7 Å². The maximum Gasteiger partial charge on any atom is 0.336 e. The molecular weight excluding hydrogens is 326 g/mol. The van der Waals surface area contributed by atoms with Crippen LogP contribution in [0.2, 0.25) is 0 Å². The molecule has 2 heterocycles. The average molecular weight is 347 g/mol. The number of aryl methyl sites for hydroxylation is 2. The summed E-state index contributed by atoms with van der Waals surface area (Å²) in [5.74, 6) is 0.198. The minimum absolute atomic E-state index is 0.0914. The monoisotopic (exact) mass is 347 g/mol. The zero-order valence-electron chi connectivity index (χ0n) is 14.2. The van der Waals surface area contributed by atoms with Crippen molar-refractivity contribution in [2.24, 2.45) is 0 Å². The third kappa shape index (κ3) is 3.52. The smallest absolute Gasteiger partial charge is 0.336 e. The number of piperidine rings is 1. The van der Waals surface area contributed by atoms with Gasteiger partial charge in [-0.3, -0.25) is 4.79 Å². The van der Waals surface area contributed by atoms with Crippen LogP contribution < -0.4 is 10.4 Å². The first kappa shape index (κ1) is 17.4. The lowest BCUT2D eigenvalue weighted by Gasteiger charge is -2.33. The molecule has 7 heteroatoms. The van der Waals surface area contributed by atoms with Crippen molar-refractivity contribution in [3.8, 4) is 5.75 Å². The number of benzene rings is 1. The molecule has 1 aromatic carbocycles. The molecule has 134 valence electrons. The van der Waals surface area contributed by atoms with Crippen LogP contribution in [0.1, 0.15) is 17.5 Å². The molecule has 1 saturated heterocycles. The highest BCUT2D eigenvalue weighted by molar-refractivity contribution is 5.85. The molecule has 25 heavy (non-hydrogen) atoms. The van der Waals surface area contributed by atoms with Crippen molar-refractivity contribution in [1.29, 1.82) is 0 Å². The van der Waals surface area contributed by atoms with Gasteiger partial charge < -0.3 is 24.3 Å². The standard InChI is InChI=1S/C18H21NO6/c1-10-7-17(23)25-18-11(2)15(4-3-12(10)18)24-9-16(22)19-6-5-13(20)14(21)8-19/h3-4,7,13-14,20-21H,5-6,8-9H2,1-2H3/t13-,14-/m0/s1. The fraction of sp³-hybridized carbons (Fsp3) is 0.444. The molecule has 7 nitrogen and oxygen atoms in total. The molecule has 2 aromatic rings. The van der Waals surface area contributed by atoms with E-state index in [0.717, 1.165) is 10.9 Å². The van der Waals surface area contributed by atoms with Gasteiger partial charge in [-0.25, -0.2) is 4.79 Å². The summed E-state index contributed by atoms with van der Waals surface area (Å²) in [6, 6.07) is 4.97. The third-order valence-electron chi connectivity index (χ3n) is 4.57. The van der Waals surface area contributed by atoms with Crippen LogP contribution in [0, 0.1) is 13.8 Å². The van der Waals surface area contributed by atoms with Crippen molar-refractivity contribution in [2.75, 3.05) is 19.7 Å². The lowest BCUT2D eigenvalue weighted by molar-refractivity contribution is -0.139. The summed E-state index contributed by atoms with van der Waals surface area (Å²) in [5, 5.41) is 20.0. The number of hydrogen-bond donors (Lipinski definition) is 2. The zero-order chi connectivity index (χ0) is 18.1. The number of amides is 1. The molecule has 1 aliphatic heterocycles. The highest BCUT2D eigenvalue weighted by Crippen LogP contribution is 2.28. The van der Waals surface area contributed by atoms with Crippen LogP contribution in [-0.2, 0) is 4.79 Å². The molecule has 0 saturated carbocycles. The molecule has 1 aromatic heterocycles. The first-order valence-corrected chi connectivity index (χ1v) is 8.17. The van der Waals surface area contributed by atoms with E-state index < -0.39 is 17.8 Å². The lowest BCUT2D eigenvalue weighted by atomic mass is 10.1. The molecule has 1 amide bonds. The van der Waals surface area contributed by atoms with Crippen molar-refractivity contribution in [2.45, 2.75) is 32.5 Å². The van der Waals surface area contributed by atoms with Gasteiger partial charge in [0, 0.05) is 30.1 Å². The minimum Gasteiger partial charge on any atom is -0.483 e. The number of rotatable bonds is 3. The predicted octanol–water partition coefficient (Wildman–Crippen LogP) is 0.743. The van der Waals surface area contributed by atoms with Crippen molar-refractivity contribution in [1.82, 2.24) is 4.90 Å². The van der Waals surface area contributed by atoms with Crippen LogP contribution in [0.3, 0.4) is 0 Å². The number of nitrogens with zero attached hydrogens (tertiary/aromatic N) is 1. The quantitative estimate of drug-likeness (QED) is 0.795. The Kier molecular flexibility index (Phi) is 4.78. The number of aliphatic hydroxyl groups is 2. The highest BCUT2D eigenvalue weighted by Gasteiger charge is 2.28. The van der Waals surface area contributed by atoms with Crippen molar-refractivity contribution < 1.29 is 24.2 Å². The molecule has 3 rings (SSSR count). The molecule has 0 radical (unpaired) electrons. The summed E-state index contributed by atoms with van der Waals surface area (Å²) < 4.78 is 10.9. The van der Waals surface area contributed by atoms with Gasteiger partial charge in [-0.2, -0.15) is 0 Å². The van der Waals surface area contributed by atoms with Crippen LogP contribution in [0.4, 0.5) is 0 Å². The van der Waals surface area contributed by atoms with Gasteiger partial charge in [0.25, 0.3) is 5.91 Å². The Labute approximate surface area is 144 Å². The van der Waals surface area contributed by atoms with Gasteiger partial charge in [-0.1, -0.05) is 0 Å².